The number of H-pyrrole nitrogens is 1. The minimum absolute atomic E-state index is 0.0693. The molecule has 328 valence electrons. The van der Waals surface area contributed by atoms with E-state index >= 15 is 4.79 Å². The van der Waals surface area contributed by atoms with E-state index in [9.17, 15) is 24.6 Å². The second-order valence-corrected chi connectivity index (χ2v) is 16.1. The number of nitrogens with zero attached hydrogens (tertiary/aromatic N) is 2. The average molecular weight is 854 g/mol. The Balaban J connectivity index is 1.46. The molecule has 1 unspecified atom stereocenters. The number of carbonyl (C=O) groups is 4. The Labute approximate surface area is 366 Å². The summed E-state index contributed by atoms with van der Waals surface area (Å²) in [6.07, 6.45) is 5.02. The van der Waals surface area contributed by atoms with Gasteiger partial charge >= 0.3 is 0 Å². The minimum Gasteiger partial charge on any atom is -0.504 e. The first-order valence-electron chi connectivity index (χ1n) is 21.1. The summed E-state index contributed by atoms with van der Waals surface area (Å²) in [4.78, 5) is 70.6. The number of hydrogen-bond donors (Lipinski definition) is 7. The van der Waals surface area contributed by atoms with E-state index < -0.39 is 77.2 Å². The highest BCUT2D eigenvalue weighted by Gasteiger charge is 2.44. The summed E-state index contributed by atoms with van der Waals surface area (Å²) in [6.45, 7) is 4.96. The van der Waals surface area contributed by atoms with Gasteiger partial charge in [-0.25, -0.2) is 4.98 Å². The fraction of sp³-hybridized carbons (Fsp3) is 0.306. The van der Waals surface area contributed by atoms with Gasteiger partial charge in [-0.05, 0) is 59.0 Å². The quantitative estimate of drug-likeness (QED) is 0.0256. The number of pyridine rings is 1. The predicted octanol–water partition coefficient (Wildman–Crippen LogP) is 5.86. The van der Waals surface area contributed by atoms with Crippen LogP contribution in [-0.4, -0.2) is 67.1 Å². The fourth-order valence-corrected chi connectivity index (χ4v) is 7.97. The van der Waals surface area contributed by atoms with E-state index in [4.69, 9.17) is 21.9 Å². The van der Waals surface area contributed by atoms with Crippen molar-refractivity contribution in [2.45, 2.75) is 70.5 Å². The third kappa shape index (κ3) is 10.8. The maximum Gasteiger partial charge on any atom is 0.232 e. The maximum atomic E-state index is 15.1. The van der Waals surface area contributed by atoms with Crippen molar-refractivity contribution in [3.63, 3.8) is 0 Å². The number of ether oxygens (including phenoxy) is 1. The molecule has 2 aromatic heterocycles. The molecule has 2 heterocycles. The molecule has 0 aliphatic heterocycles. The molecule has 14 nitrogen and oxygen atoms in total. The number of aromatic nitrogens is 3. The van der Waals surface area contributed by atoms with E-state index in [1.165, 1.54) is 18.6 Å². The van der Waals surface area contributed by atoms with Crippen LogP contribution < -0.4 is 27.3 Å². The zero-order valence-electron chi connectivity index (χ0n) is 35.6. The van der Waals surface area contributed by atoms with Crippen LogP contribution in [0.2, 0.25) is 0 Å². The summed E-state index contributed by atoms with van der Waals surface area (Å²) in [5.41, 5.74) is 21.5. The third-order valence-electron chi connectivity index (χ3n) is 11.8. The largest absolute Gasteiger partial charge is 0.504 e. The summed E-state index contributed by atoms with van der Waals surface area (Å²) >= 11 is 0. The van der Waals surface area contributed by atoms with Crippen LogP contribution in [0, 0.1) is 17.8 Å². The van der Waals surface area contributed by atoms with E-state index in [0.29, 0.717) is 29.0 Å². The van der Waals surface area contributed by atoms with Crippen molar-refractivity contribution in [1.29, 1.82) is 0 Å². The number of hydrogen-bond acceptors (Lipinski definition) is 12. The predicted molar refractivity (Wildman–Crippen MR) is 241 cm³/mol. The van der Waals surface area contributed by atoms with Crippen LogP contribution >= 0.6 is 0 Å². The molecule has 7 atom stereocenters. The minimum atomic E-state index is -1.77. The number of anilines is 1. The highest BCUT2D eigenvalue weighted by Crippen LogP contribution is 2.43. The maximum absolute atomic E-state index is 15.1. The van der Waals surface area contributed by atoms with Gasteiger partial charge in [0.05, 0.1) is 35.5 Å². The van der Waals surface area contributed by atoms with E-state index in [1.54, 1.807) is 43.5 Å². The summed E-state index contributed by atoms with van der Waals surface area (Å²) < 4.78 is 6.21. The Morgan fingerprint density at radius 2 is 1.57 bits per heavy atom. The molecule has 10 N–H and O–H groups in total. The molecular formula is C49H55N7O7. The summed E-state index contributed by atoms with van der Waals surface area (Å²) in [5.74, 6) is -7.49. The number of fused-ring (bicyclic) bond motifs is 1. The van der Waals surface area contributed by atoms with Crippen LogP contribution in [-0.2, 0) is 32.0 Å². The molecule has 4 aromatic carbocycles. The topological polar surface area (TPSA) is 250 Å². The lowest BCUT2D eigenvalue weighted by molar-refractivity contribution is -0.144. The normalized spacial score (nSPS) is 14.7. The average Bonchev–Trinajstić information content (AvgIpc) is 3.82. The number of aromatic amines is 1. The summed E-state index contributed by atoms with van der Waals surface area (Å²) in [7, 11) is 0. The standard InChI is InChI=1S/C49H55N7O7/c1-4-28(2)43(52)48(61)44(39-18-10-11-20-54-39)56-49(62)42(46(59)37(50)23-32-25-53-27-55-32)36(40(57)26-63-41-19-12-16-31-15-8-9-17-33(31)41)21-29(3)34-24-38(51)47(60)45(58)35(34)22-30-13-6-5-7-14-30/h5-20,24-25,27-29,36-37,42-44,58,60H,4,21-23,26,50-52H2,1-3H3,(H,53,55)(H,56,62)/t28-,29-,36-,37-,42+,43-,44?/m0/s1. The van der Waals surface area contributed by atoms with Gasteiger partial charge in [-0.15, -0.1) is 0 Å². The molecule has 6 rings (SSSR count). The molecule has 0 saturated carbocycles. The lowest BCUT2D eigenvalue weighted by atomic mass is 9.74. The van der Waals surface area contributed by atoms with Crippen LogP contribution in [0.1, 0.15) is 73.7 Å². The number of nitrogens with one attached hydrogen (secondary N) is 2. The number of rotatable bonds is 21. The second-order valence-electron chi connectivity index (χ2n) is 16.1. The first-order chi connectivity index (χ1) is 30.3. The molecule has 0 fully saturated rings. The number of nitrogens with two attached hydrogens (primary N) is 3. The molecule has 0 saturated heterocycles. The number of ketones is 3. The third-order valence-corrected chi connectivity index (χ3v) is 11.8. The zero-order chi connectivity index (χ0) is 45.2. The number of phenols is 2. The van der Waals surface area contributed by atoms with Gasteiger partial charge in [-0.1, -0.05) is 100.0 Å². The van der Waals surface area contributed by atoms with Crippen LogP contribution in [0.15, 0.2) is 116 Å². The van der Waals surface area contributed by atoms with Crippen molar-refractivity contribution >= 4 is 39.7 Å². The van der Waals surface area contributed by atoms with Crippen LogP contribution in [0.5, 0.6) is 17.2 Å². The zero-order valence-corrected chi connectivity index (χ0v) is 35.6. The monoisotopic (exact) mass is 853 g/mol. The van der Waals surface area contributed by atoms with Crippen molar-refractivity contribution in [2.24, 2.45) is 29.2 Å². The number of amides is 1. The molecule has 0 spiro atoms. The number of phenolic OH excluding ortho intramolecular Hbond substituents is 2. The van der Waals surface area contributed by atoms with Crippen LogP contribution in [0.4, 0.5) is 5.69 Å². The summed E-state index contributed by atoms with van der Waals surface area (Å²) in [6, 6.07) is 24.9. The van der Waals surface area contributed by atoms with Gasteiger partial charge in [-0.3, -0.25) is 24.2 Å². The number of nitrogen functional groups attached to an aromatic ring is 1. The molecule has 63 heavy (non-hydrogen) atoms. The highest BCUT2D eigenvalue weighted by molar-refractivity contribution is 6.09. The lowest BCUT2D eigenvalue weighted by Crippen LogP contribution is -2.53. The lowest BCUT2D eigenvalue weighted by Gasteiger charge is -2.31. The SMILES string of the molecule is CC[C@H](C)[C@H](N)C(=O)C(NC(=O)[C@@H](C(=O)[C@@H](N)Cc1c[nH]cn1)[C@@H](C[C@H](C)c1cc(N)c(O)c(O)c1Cc1ccccc1)C(=O)COc1cccc2ccccc12)c1ccccn1. The Morgan fingerprint density at radius 3 is 2.27 bits per heavy atom. The van der Waals surface area contributed by atoms with Crippen molar-refractivity contribution in [2.75, 3.05) is 12.3 Å². The van der Waals surface area contributed by atoms with Gasteiger partial charge in [-0.2, -0.15) is 0 Å². The number of Topliss-reactive ketones (excluding diaryl/α,β-unsaturated/α-hetero) is 3. The Kier molecular flexibility index (Phi) is 15.0. The number of imidazole rings is 1. The molecule has 1 amide bonds. The van der Waals surface area contributed by atoms with E-state index in [2.05, 4.69) is 20.3 Å². The van der Waals surface area contributed by atoms with Gasteiger partial charge in [0.25, 0.3) is 0 Å². The molecule has 6 aromatic rings. The van der Waals surface area contributed by atoms with Crippen LogP contribution in [0.3, 0.4) is 0 Å². The molecule has 0 bridgehead atoms. The van der Waals surface area contributed by atoms with Gasteiger partial charge in [0.1, 0.15) is 24.3 Å². The first-order valence-corrected chi connectivity index (χ1v) is 21.1. The van der Waals surface area contributed by atoms with Crippen molar-refractivity contribution in [1.82, 2.24) is 20.3 Å². The Bertz CT molecular complexity index is 2510. The van der Waals surface area contributed by atoms with E-state index in [1.807, 2.05) is 74.5 Å². The van der Waals surface area contributed by atoms with Crippen molar-refractivity contribution in [3.05, 3.63) is 144 Å². The van der Waals surface area contributed by atoms with Crippen LogP contribution in [0.25, 0.3) is 10.8 Å². The molecular weight excluding hydrogens is 799 g/mol. The fourth-order valence-electron chi connectivity index (χ4n) is 7.97. The van der Waals surface area contributed by atoms with Gasteiger partial charge < -0.3 is 42.5 Å². The first kappa shape index (κ1) is 45.6. The molecule has 0 aliphatic rings. The van der Waals surface area contributed by atoms with E-state index in [0.717, 1.165) is 16.3 Å². The summed E-state index contributed by atoms with van der Waals surface area (Å²) in [5, 5.41) is 26.6. The van der Waals surface area contributed by atoms with Gasteiger partial charge in [0, 0.05) is 42.1 Å². The number of benzene rings is 4. The Hall–Kier alpha value is -6.90. The van der Waals surface area contributed by atoms with Crippen molar-refractivity contribution < 1.29 is 34.1 Å². The second kappa shape index (κ2) is 20.8. The molecule has 0 radical (unpaired) electrons. The van der Waals surface area contributed by atoms with E-state index in [-0.39, 0.29) is 36.6 Å². The molecule has 0 aliphatic carbocycles. The number of aromatic hydroxyl groups is 2. The Morgan fingerprint density at radius 1 is 0.857 bits per heavy atom. The molecule has 14 heteroatoms. The number of carbonyl (C=O) groups excluding carboxylic acids is 4. The van der Waals surface area contributed by atoms with Gasteiger partial charge in [0.2, 0.25) is 5.91 Å². The van der Waals surface area contributed by atoms with Gasteiger partial charge in [0.15, 0.2) is 28.8 Å². The van der Waals surface area contributed by atoms with Crippen molar-refractivity contribution in [3.8, 4) is 17.2 Å². The smallest absolute Gasteiger partial charge is 0.232 e. The highest BCUT2D eigenvalue weighted by atomic mass is 16.5.